The van der Waals surface area contributed by atoms with Crippen LogP contribution >= 0.6 is 11.8 Å². The third-order valence-corrected chi connectivity index (χ3v) is 3.46. The number of hydrogen-bond donors (Lipinski definition) is 1. The minimum absolute atomic E-state index is 0.663. The van der Waals surface area contributed by atoms with E-state index < -0.39 is 0 Å². The SMILES string of the molecule is c1cnc(SCC2CCCCN2)cn1. The summed E-state index contributed by atoms with van der Waals surface area (Å²) in [5, 5.41) is 4.55. The fourth-order valence-electron chi connectivity index (χ4n) is 1.61. The molecule has 0 bridgehead atoms. The van der Waals surface area contributed by atoms with Crippen LogP contribution in [0.2, 0.25) is 0 Å². The molecule has 0 aliphatic carbocycles. The zero-order valence-electron chi connectivity index (χ0n) is 8.15. The number of nitrogens with zero attached hydrogens (tertiary/aromatic N) is 2. The third-order valence-electron chi connectivity index (χ3n) is 2.38. The molecule has 76 valence electrons. The van der Waals surface area contributed by atoms with Gasteiger partial charge in [0.15, 0.2) is 0 Å². The van der Waals surface area contributed by atoms with Crippen LogP contribution in [0.4, 0.5) is 0 Å². The lowest BCUT2D eigenvalue weighted by atomic mass is 10.1. The second-order valence-electron chi connectivity index (χ2n) is 3.50. The number of aromatic nitrogens is 2. The lowest BCUT2D eigenvalue weighted by Crippen LogP contribution is -2.35. The van der Waals surface area contributed by atoms with Crippen LogP contribution < -0.4 is 5.32 Å². The molecule has 1 aromatic heterocycles. The molecule has 0 radical (unpaired) electrons. The smallest absolute Gasteiger partial charge is 0.114 e. The van der Waals surface area contributed by atoms with Crippen LogP contribution in [0.1, 0.15) is 19.3 Å². The van der Waals surface area contributed by atoms with Crippen LogP contribution in [0, 0.1) is 0 Å². The molecule has 1 aliphatic rings. The van der Waals surface area contributed by atoms with E-state index in [1.165, 1.54) is 25.8 Å². The van der Waals surface area contributed by atoms with Crippen molar-refractivity contribution < 1.29 is 0 Å². The van der Waals surface area contributed by atoms with Gasteiger partial charge in [0.2, 0.25) is 0 Å². The molecule has 1 atom stereocenters. The van der Waals surface area contributed by atoms with E-state index in [-0.39, 0.29) is 0 Å². The van der Waals surface area contributed by atoms with Gasteiger partial charge in [0.05, 0.1) is 6.20 Å². The van der Waals surface area contributed by atoms with Gasteiger partial charge >= 0.3 is 0 Å². The lowest BCUT2D eigenvalue weighted by molar-refractivity contribution is 0.430. The zero-order valence-corrected chi connectivity index (χ0v) is 8.96. The second-order valence-corrected chi connectivity index (χ2v) is 4.54. The maximum absolute atomic E-state index is 4.24. The van der Waals surface area contributed by atoms with Crippen molar-refractivity contribution in [3.63, 3.8) is 0 Å². The van der Waals surface area contributed by atoms with Crippen molar-refractivity contribution in [2.45, 2.75) is 30.3 Å². The summed E-state index contributed by atoms with van der Waals surface area (Å²) in [7, 11) is 0. The van der Waals surface area contributed by atoms with Crippen LogP contribution in [-0.2, 0) is 0 Å². The summed E-state index contributed by atoms with van der Waals surface area (Å²) in [6.45, 7) is 1.17. The molecule has 1 fully saturated rings. The van der Waals surface area contributed by atoms with Crippen molar-refractivity contribution >= 4 is 11.8 Å². The average Bonchev–Trinajstić information content (AvgIpc) is 2.29. The molecule has 1 unspecified atom stereocenters. The molecule has 2 rings (SSSR count). The van der Waals surface area contributed by atoms with Gasteiger partial charge in [-0.3, -0.25) is 4.98 Å². The molecule has 1 aliphatic heterocycles. The standard InChI is InChI=1S/C10H15N3S/c1-2-4-12-9(3-1)8-14-10-7-11-5-6-13-10/h5-7,9,12H,1-4,8H2. The second kappa shape index (κ2) is 5.32. The first-order valence-electron chi connectivity index (χ1n) is 5.07. The van der Waals surface area contributed by atoms with Crippen molar-refractivity contribution in [3.8, 4) is 0 Å². The van der Waals surface area contributed by atoms with E-state index in [0.717, 1.165) is 10.8 Å². The van der Waals surface area contributed by atoms with E-state index in [0.29, 0.717) is 6.04 Å². The van der Waals surface area contributed by atoms with Crippen molar-refractivity contribution in [3.05, 3.63) is 18.6 Å². The summed E-state index contributed by atoms with van der Waals surface area (Å²) in [5.41, 5.74) is 0. The van der Waals surface area contributed by atoms with Gasteiger partial charge < -0.3 is 5.32 Å². The Morgan fingerprint density at radius 3 is 3.14 bits per heavy atom. The first-order valence-corrected chi connectivity index (χ1v) is 6.06. The molecule has 0 saturated carbocycles. The molecule has 1 saturated heterocycles. The molecule has 0 amide bonds. The van der Waals surface area contributed by atoms with E-state index in [1.54, 1.807) is 24.2 Å². The fourth-order valence-corrected chi connectivity index (χ4v) is 2.54. The summed E-state index contributed by atoms with van der Waals surface area (Å²) >= 11 is 1.79. The zero-order chi connectivity index (χ0) is 9.64. The molecule has 0 aromatic carbocycles. The predicted octanol–water partition coefficient (Wildman–Crippen LogP) is 1.71. The number of hydrogen-bond acceptors (Lipinski definition) is 4. The van der Waals surface area contributed by atoms with E-state index in [1.807, 2.05) is 6.20 Å². The molecular weight excluding hydrogens is 194 g/mol. The minimum atomic E-state index is 0.663. The van der Waals surface area contributed by atoms with Gasteiger partial charge in [0, 0.05) is 24.2 Å². The number of thioether (sulfide) groups is 1. The van der Waals surface area contributed by atoms with Crippen molar-refractivity contribution in [1.29, 1.82) is 0 Å². The van der Waals surface area contributed by atoms with Gasteiger partial charge in [0.25, 0.3) is 0 Å². The van der Waals surface area contributed by atoms with Gasteiger partial charge in [-0.15, -0.1) is 11.8 Å². The lowest BCUT2D eigenvalue weighted by Gasteiger charge is -2.22. The quantitative estimate of drug-likeness (QED) is 0.769. The summed E-state index contributed by atoms with van der Waals surface area (Å²) in [6, 6.07) is 0.663. The maximum Gasteiger partial charge on any atom is 0.114 e. The topological polar surface area (TPSA) is 37.8 Å². The van der Waals surface area contributed by atoms with E-state index in [4.69, 9.17) is 0 Å². The Labute approximate surface area is 88.7 Å². The van der Waals surface area contributed by atoms with Gasteiger partial charge in [-0.2, -0.15) is 0 Å². The summed E-state index contributed by atoms with van der Waals surface area (Å²) < 4.78 is 0. The highest BCUT2D eigenvalue weighted by Crippen LogP contribution is 2.18. The molecule has 1 N–H and O–H groups in total. The molecule has 3 nitrogen and oxygen atoms in total. The Kier molecular flexibility index (Phi) is 3.77. The number of piperidine rings is 1. The van der Waals surface area contributed by atoms with Gasteiger partial charge in [0.1, 0.15) is 5.03 Å². The molecule has 2 heterocycles. The third kappa shape index (κ3) is 2.96. The predicted molar refractivity (Wildman–Crippen MR) is 58.4 cm³/mol. The van der Waals surface area contributed by atoms with Crippen molar-refractivity contribution in [2.75, 3.05) is 12.3 Å². The molecule has 14 heavy (non-hydrogen) atoms. The monoisotopic (exact) mass is 209 g/mol. The van der Waals surface area contributed by atoms with Crippen LogP contribution in [-0.4, -0.2) is 28.3 Å². The van der Waals surface area contributed by atoms with Gasteiger partial charge in [-0.05, 0) is 19.4 Å². The van der Waals surface area contributed by atoms with E-state index in [9.17, 15) is 0 Å². The molecule has 1 aromatic rings. The van der Waals surface area contributed by atoms with Crippen LogP contribution in [0.3, 0.4) is 0 Å². The highest BCUT2D eigenvalue weighted by Gasteiger charge is 2.12. The molecule has 0 spiro atoms. The average molecular weight is 209 g/mol. The maximum atomic E-state index is 4.24. The first-order chi connectivity index (χ1) is 6.95. The Morgan fingerprint density at radius 2 is 2.43 bits per heavy atom. The summed E-state index contributed by atoms with van der Waals surface area (Å²) in [6.07, 6.45) is 9.27. The normalized spacial score (nSPS) is 22.1. The van der Waals surface area contributed by atoms with E-state index in [2.05, 4.69) is 15.3 Å². The molecule has 4 heteroatoms. The van der Waals surface area contributed by atoms with Gasteiger partial charge in [-0.25, -0.2) is 4.98 Å². The summed E-state index contributed by atoms with van der Waals surface area (Å²) in [5.74, 6) is 1.11. The Bertz CT molecular complexity index is 259. The fraction of sp³-hybridized carbons (Fsp3) is 0.600. The van der Waals surface area contributed by atoms with E-state index >= 15 is 0 Å². The van der Waals surface area contributed by atoms with Gasteiger partial charge in [-0.1, -0.05) is 6.42 Å². The Hall–Kier alpha value is -0.610. The minimum Gasteiger partial charge on any atom is -0.313 e. The Balaban J connectivity index is 1.76. The largest absolute Gasteiger partial charge is 0.313 e. The highest BCUT2D eigenvalue weighted by atomic mass is 32.2. The number of nitrogens with one attached hydrogen (secondary N) is 1. The first kappa shape index (κ1) is 9.93. The highest BCUT2D eigenvalue weighted by molar-refractivity contribution is 7.99. The summed E-state index contributed by atoms with van der Waals surface area (Å²) in [4.78, 5) is 8.28. The van der Waals surface area contributed by atoms with Crippen LogP contribution in [0.5, 0.6) is 0 Å². The van der Waals surface area contributed by atoms with Crippen LogP contribution in [0.15, 0.2) is 23.6 Å². The van der Waals surface area contributed by atoms with Crippen molar-refractivity contribution in [2.24, 2.45) is 0 Å². The van der Waals surface area contributed by atoms with Crippen LogP contribution in [0.25, 0.3) is 0 Å². The Morgan fingerprint density at radius 1 is 1.43 bits per heavy atom. The van der Waals surface area contributed by atoms with Crippen molar-refractivity contribution in [1.82, 2.24) is 15.3 Å². The number of rotatable bonds is 3. The molecular formula is C10H15N3S.